The Balaban J connectivity index is 1.69. The molecule has 0 aromatic carbocycles. The molecule has 3 fully saturated rings. The van der Waals surface area contributed by atoms with Gasteiger partial charge in [0.2, 0.25) is 0 Å². The minimum atomic E-state index is -5.59. The van der Waals surface area contributed by atoms with Crippen molar-refractivity contribution in [1.82, 2.24) is 0 Å². The summed E-state index contributed by atoms with van der Waals surface area (Å²) < 4.78 is 57.2. The number of alkyl halides is 4. The summed E-state index contributed by atoms with van der Waals surface area (Å²) in [7, 11) is 0. The molecule has 0 amide bonds. The number of carbonyl (C=O) groups excluding carboxylic acids is 2. The molecule has 5 atom stereocenters. The van der Waals surface area contributed by atoms with Gasteiger partial charge in [0, 0.05) is 0 Å². The fourth-order valence-electron chi connectivity index (χ4n) is 4.61. The van der Waals surface area contributed by atoms with Crippen LogP contribution < -0.4 is 5.11 Å². The van der Waals surface area contributed by atoms with Gasteiger partial charge in [-0.05, 0) is 49.4 Å². The van der Waals surface area contributed by atoms with Crippen molar-refractivity contribution in [3.05, 3.63) is 0 Å². The van der Waals surface area contributed by atoms with Crippen molar-refractivity contribution in [3.63, 3.8) is 0 Å². The smallest absolute Gasteiger partial charge is 0.410 e. The average Bonchev–Trinajstić information content (AvgIpc) is 3.09. The minimum absolute atomic E-state index is 0.0752. The van der Waals surface area contributed by atoms with Gasteiger partial charge >= 0.3 is 17.8 Å². The second kappa shape index (κ2) is 4.83. The SMILES string of the molecule is O=C([O-])C(F)(F)C(F)(F)C(=O)OC1CC2CC1C1CCCC21. The van der Waals surface area contributed by atoms with E-state index >= 15 is 0 Å². The van der Waals surface area contributed by atoms with Crippen molar-refractivity contribution >= 4 is 11.9 Å². The topological polar surface area (TPSA) is 66.4 Å². The Bertz CT molecular complexity index is 507. The van der Waals surface area contributed by atoms with Crippen LogP contribution in [-0.4, -0.2) is 29.9 Å². The van der Waals surface area contributed by atoms with Gasteiger partial charge in [-0.2, -0.15) is 17.6 Å². The van der Waals surface area contributed by atoms with Gasteiger partial charge in [-0.1, -0.05) is 6.42 Å². The monoisotopic (exact) mass is 323 g/mol. The van der Waals surface area contributed by atoms with Crippen LogP contribution in [0.4, 0.5) is 17.6 Å². The molecule has 2 bridgehead atoms. The number of carboxylic acid groups (broad SMARTS) is 1. The van der Waals surface area contributed by atoms with Gasteiger partial charge in [0.1, 0.15) is 12.1 Å². The van der Waals surface area contributed by atoms with Gasteiger partial charge in [0.05, 0.1) is 0 Å². The van der Waals surface area contributed by atoms with Gasteiger partial charge in [0.25, 0.3) is 0 Å². The maximum atomic E-state index is 13.4. The second-order valence-electron chi connectivity index (χ2n) is 6.53. The van der Waals surface area contributed by atoms with E-state index in [-0.39, 0.29) is 11.8 Å². The molecule has 3 aliphatic carbocycles. The number of esters is 1. The molecule has 22 heavy (non-hydrogen) atoms. The quantitative estimate of drug-likeness (QED) is 0.579. The van der Waals surface area contributed by atoms with E-state index in [1.807, 2.05) is 0 Å². The van der Waals surface area contributed by atoms with E-state index in [0.717, 1.165) is 25.7 Å². The second-order valence-corrected chi connectivity index (χ2v) is 6.53. The first kappa shape index (κ1) is 15.6. The highest BCUT2D eigenvalue weighted by molar-refractivity contribution is 5.88. The van der Waals surface area contributed by atoms with Gasteiger partial charge in [-0.15, -0.1) is 0 Å². The van der Waals surface area contributed by atoms with E-state index in [9.17, 15) is 32.3 Å². The van der Waals surface area contributed by atoms with Crippen LogP contribution in [0.5, 0.6) is 0 Å². The number of fused-ring (bicyclic) bond motifs is 5. The zero-order valence-electron chi connectivity index (χ0n) is 11.6. The Hall–Kier alpha value is -1.34. The molecule has 0 aliphatic heterocycles. The third-order valence-corrected chi connectivity index (χ3v) is 5.53. The summed E-state index contributed by atoms with van der Waals surface area (Å²) in [5.41, 5.74) is 0. The third-order valence-electron chi connectivity index (χ3n) is 5.53. The number of hydrogen-bond acceptors (Lipinski definition) is 4. The summed E-state index contributed by atoms with van der Waals surface area (Å²) in [5, 5.41) is 10.1. The first-order chi connectivity index (χ1) is 10.2. The lowest BCUT2D eigenvalue weighted by Crippen LogP contribution is -2.58. The lowest BCUT2D eigenvalue weighted by molar-refractivity contribution is -0.346. The van der Waals surface area contributed by atoms with E-state index in [4.69, 9.17) is 0 Å². The van der Waals surface area contributed by atoms with Gasteiger partial charge < -0.3 is 14.6 Å². The Labute approximate surface area is 123 Å². The summed E-state index contributed by atoms with van der Waals surface area (Å²) in [4.78, 5) is 21.5. The highest BCUT2D eigenvalue weighted by atomic mass is 19.3. The van der Waals surface area contributed by atoms with E-state index in [2.05, 4.69) is 4.74 Å². The lowest BCUT2D eigenvalue weighted by Gasteiger charge is -2.33. The van der Waals surface area contributed by atoms with Crippen LogP contribution in [0.25, 0.3) is 0 Å². The van der Waals surface area contributed by atoms with Gasteiger partial charge in [-0.3, -0.25) is 0 Å². The molecule has 0 spiro atoms. The molecule has 0 N–H and O–H groups in total. The fourth-order valence-corrected chi connectivity index (χ4v) is 4.61. The highest BCUT2D eigenvalue weighted by Gasteiger charge is 2.66. The summed E-state index contributed by atoms with van der Waals surface area (Å²) in [5.74, 6) is -15.8. The molecule has 124 valence electrons. The molecule has 3 rings (SSSR count). The molecule has 8 heteroatoms. The van der Waals surface area contributed by atoms with E-state index in [0.29, 0.717) is 18.3 Å². The van der Waals surface area contributed by atoms with E-state index in [1.165, 1.54) is 0 Å². The van der Waals surface area contributed by atoms with Crippen LogP contribution in [0.3, 0.4) is 0 Å². The Kier molecular flexibility index (Phi) is 3.41. The maximum Gasteiger partial charge on any atom is 0.410 e. The predicted molar refractivity (Wildman–Crippen MR) is 61.8 cm³/mol. The van der Waals surface area contributed by atoms with Crippen LogP contribution in [0.2, 0.25) is 0 Å². The molecule has 3 saturated carbocycles. The van der Waals surface area contributed by atoms with Crippen molar-refractivity contribution in [2.75, 3.05) is 0 Å². The number of carboxylic acids is 1. The molecule has 0 aromatic heterocycles. The molecule has 5 unspecified atom stereocenters. The molecule has 4 nitrogen and oxygen atoms in total. The summed E-state index contributed by atoms with van der Waals surface area (Å²) >= 11 is 0. The van der Waals surface area contributed by atoms with Crippen LogP contribution >= 0.6 is 0 Å². The number of halogens is 4. The lowest BCUT2D eigenvalue weighted by atomic mass is 9.80. The number of ether oxygens (including phenoxy) is 1. The molecule has 3 aliphatic rings. The maximum absolute atomic E-state index is 13.4. The van der Waals surface area contributed by atoms with Crippen molar-refractivity contribution in [1.29, 1.82) is 0 Å². The van der Waals surface area contributed by atoms with Crippen LogP contribution in [-0.2, 0) is 14.3 Å². The minimum Gasteiger partial charge on any atom is -0.544 e. The average molecular weight is 323 g/mol. The standard InChI is InChI=1S/C14H16F4O4/c15-13(16,11(19)20)14(17,18)12(21)22-10-5-6-4-9(10)8-3-1-2-7(6)8/h6-10H,1-5H2,(H,19,20)/p-1. The number of hydrogen-bond donors (Lipinski definition) is 0. The number of aliphatic carboxylic acids is 1. The molecule has 0 aromatic rings. The first-order valence-corrected chi connectivity index (χ1v) is 7.34. The Morgan fingerprint density at radius 2 is 1.59 bits per heavy atom. The van der Waals surface area contributed by atoms with Gasteiger partial charge in [-0.25, -0.2) is 4.79 Å². The van der Waals surface area contributed by atoms with E-state index < -0.39 is 29.9 Å². The van der Waals surface area contributed by atoms with Crippen molar-refractivity contribution in [2.45, 2.75) is 50.1 Å². The summed E-state index contributed by atoms with van der Waals surface area (Å²) in [6, 6.07) is 0. The Morgan fingerprint density at radius 3 is 2.23 bits per heavy atom. The van der Waals surface area contributed by atoms with Crippen molar-refractivity contribution in [3.8, 4) is 0 Å². The Morgan fingerprint density at radius 1 is 0.955 bits per heavy atom. The molecular formula is C14H15F4O4-. The highest BCUT2D eigenvalue weighted by Crippen LogP contribution is 2.59. The molecule has 0 saturated heterocycles. The van der Waals surface area contributed by atoms with Crippen LogP contribution in [0.15, 0.2) is 0 Å². The summed E-state index contributed by atoms with van der Waals surface area (Å²) in [6.07, 6.45) is 3.39. The predicted octanol–water partition coefficient (Wildman–Crippen LogP) is 1.37. The number of rotatable bonds is 4. The summed E-state index contributed by atoms with van der Waals surface area (Å²) in [6.45, 7) is 0. The molecule has 0 radical (unpaired) electrons. The largest absolute Gasteiger partial charge is 0.544 e. The molecule has 0 heterocycles. The zero-order valence-corrected chi connectivity index (χ0v) is 11.6. The van der Waals surface area contributed by atoms with Gasteiger partial charge in [0.15, 0.2) is 0 Å². The van der Waals surface area contributed by atoms with E-state index in [1.54, 1.807) is 0 Å². The normalized spacial score (nSPS) is 37.2. The van der Waals surface area contributed by atoms with Crippen LogP contribution in [0, 0.1) is 23.7 Å². The number of carbonyl (C=O) groups is 2. The fraction of sp³-hybridized carbons (Fsp3) is 0.857. The first-order valence-electron chi connectivity index (χ1n) is 7.34. The van der Waals surface area contributed by atoms with Crippen LogP contribution in [0.1, 0.15) is 32.1 Å². The van der Waals surface area contributed by atoms with Crippen molar-refractivity contribution < 1.29 is 37.0 Å². The zero-order chi connectivity index (χ0) is 16.3. The third kappa shape index (κ3) is 2.02. The van der Waals surface area contributed by atoms with Crippen molar-refractivity contribution in [2.24, 2.45) is 23.7 Å². The molecular weight excluding hydrogens is 308 g/mol.